The SMILES string of the molecule is CCn1ccnc1C1CCCCN1C(=O)c1cc(S(=O)(=O)NC)cs1. The minimum absolute atomic E-state index is 0.0670. The zero-order valence-electron chi connectivity index (χ0n) is 14.3. The van der Waals surface area contributed by atoms with E-state index in [0.29, 0.717) is 11.4 Å². The second-order valence-electron chi connectivity index (χ2n) is 5.94. The second kappa shape index (κ2) is 7.27. The van der Waals surface area contributed by atoms with Crippen molar-refractivity contribution in [2.75, 3.05) is 13.6 Å². The molecule has 1 fully saturated rings. The Morgan fingerprint density at radius 2 is 2.24 bits per heavy atom. The van der Waals surface area contributed by atoms with Crippen molar-refractivity contribution in [3.8, 4) is 0 Å². The van der Waals surface area contributed by atoms with Crippen molar-refractivity contribution in [2.45, 2.75) is 43.7 Å². The van der Waals surface area contributed by atoms with E-state index in [4.69, 9.17) is 0 Å². The van der Waals surface area contributed by atoms with Gasteiger partial charge in [-0.25, -0.2) is 18.1 Å². The van der Waals surface area contributed by atoms with E-state index in [9.17, 15) is 13.2 Å². The van der Waals surface area contributed by atoms with Crippen LogP contribution in [0, 0.1) is 0 Å². The molecule has 0 aromatic carbocycles. The molecule has 1 amide bonds. The Kier molecular flexibility index (Phi) is 5.26. The minimum Gasteiger partial charge on any atom is -0.333 e. The average molecular weight is 383 g/mol. The predicted molar refractivity (Wildman–Crippen MR) is 96.1 cm³/mol. The smallest absolute Gasteiger partial charge is 0.264 e. The van der Waals surface area contributed by atoms with Crippen molar-refractivity contribution in [2.24, 2.45) is 0 Å². The summed E-state index contributed by atoms with van der Waals surface area (Å²) in [5.74, 6) is 0.771. The molecule has 1 aliphatic rings. The molecule has 136 valence electrons. The monoisotopic (exact) mass is 382 g/mol. The Labute approximate surface area is 151 Å². The van der Waals surface area contributed by atoms with Gasteiger partial charge in [0.05, 0.1) is 15.8 Å². The first-order valence-corrected chi connectivity index (χ1v) is 10.7. The maximum absolute atomic E-state index is 13.0. The van der Waals surface area contributed by atoms with Crippen LogP contribution in [0.5, 0.6) is 0 Å². The summed E-state index contributed by atoms with van der Waals surface area (Å²) in [4.78, 5) is 19.9. The van der Waals surface area contributed by atoms with Gasteiger partial charge in [0.25, 0.3) is 5.91 Å². The molecule has 3 rings (SSSR count). The van der Waals surface area contributed by atoms with Gasteiger partial charge in [-0.2, -0.15) is 0 Å². The lowest BCUT2D eigenvalue weighted by atomic mass is 10.0. The molecule has 2 aromatic heterocycles. The van der Waals surface area contributed by atoms with Gasteiger partial charge in [0.1, 0.15) is 5.82 Å². The number of aryl methyl sites for hydroxylation is 1. The molecule has 25 heavy (non-hydrogen) atoms. The number of rotatable bonds is 5. The summed E-state index contributed by atoms with van der Waals surface area (Å²) < 4.78 is 28.1. The van der Waals surface area contributed by atoms with Gasteiger partial charge < -0.3 is 9.47 Å². The van der Waals surface area contributed by atoms with E-state index in [2.05, 4.69) is 14.3 Å². The highest BCUT2D eigenvalue weighted by Crippen LogP contribution is 2.32. The number of imidazole rings is 1. The standard InChI is InChI=1S/C16H22N4O3S2/c1-3-19-9-7-18-15(19)13-6-4-5-8-20(13)16(21)14-10-12(11-24-14)25(22,23)17-2/h7,9-11,13,17H,3-6,8H2,1-2H3. The van der Waals surface area contributed by atoms with E-state index in [1.165, 1.54) is 29.8 Å². The number of hydrogen-bond donors (Lipinski definition) is 1. The molecule has 1 N–H and O–H groups in total. The van der Waals surface area contributed by atoms with E-state index in [-0.39, 0.29) is 16.8 Å². The van der Waals surface area contributed by atoms with Crippen LogP contribution in [0.3, 0.4) is 0 Å². The number of likely N-dealkylation sites (tertiary alicyclic amines) is 1. The van der Waals surface area contributed by atoms with E-state index in [1.807, 2.05) is 18.0 Å². The van der Waals surface area contributed by atoms with Gasteiger partial charge in [-0.15, -0.1) is 11.3 Å². The van der Waals surface area contributed by atoms with Crippen LogP contribution >= 0.6 is 11.3 Å². The minimum atomic E-state index is -3.54. The molecule has 0 bridgehead atoms. The van der Waals surface area contributed by atoms with Crippen LogP contribution in [-0.2, 0) is 16.6 Å². The molecule has 0 radical (unpaired) electrons. The van der Waals surface area contributed by atoms with Crippen LogP contribution in [0.15, 0.2) is 28.7 Å². The molecule has 0 aliphatic carbocycles. The first kappa shape index (κ1) is 18.1. The number of amides is 1. The quantitative estimate of drug-likeness (QED) is 0.859. The van der Waals surface area contributed by atoms with E-state index >= 15 is 0 Å². The van der Waals surface area contributed by atoms with Crippen molar-refractivity contribution in [1.82, 2.24) is 19.2 Å². The highest BCUT2D eigenvalue weighted by Gasteiger charge is 2.32. The van der Waals surface area contributed by atoms with E-state index in [0.717, 1.165) is 31.6 Å². The highest BCUT2D eigenvalue weighted by atomic mass is 32.2. The summed E-state index contributed by atoms with van der Waals surface area (Å²) >= 11 is 1.17. The fraction of sp³-hybridized carbons (Fsp3) is 0.500. The summed E-state index contributed by atoms with van der Waals surface area (Å²) in [7, 11) is -2.17. The number of carbonyl (C=O) groups is 1. The lowest BCUT2D eigenvalue weighted by molar-refractivity contribution is 0.0600. The van der Waals surface area contributed by atoms with Crippen molar-refractivity contribution < 1.29 is 13.2 Å². The molecule has 1 saturated heterocycles. The van der Waals surface area contributed by atoms with Crippen molar-refractivity contribution >= 4 is 27.3 Å². The molecule has 0 spiro atoms. The lowest BCUT2D eigenvalue weighted by Gasteiger charge is -2.35. The number of aromatic nitrogens is 2. The normalized spacial score (nSPS) is 18.5. The maximum atomic E-state index is 13.0. The largest absolute Gasteiger partial charge is 0.333 e. The summed E-state index contributed by atoms with van der Waals surface area (Å²) in [5, 5.41) is 1.50. The third-order valence-electron chi connectivity index (χ3n) is 4.52. The van der Waals surface area contributed by atoms with Crippen LogP contribution in [0.1, 0.15) is 47.7 Å². The van der Waals surface area contributed by atoms with Crippen molar-refractivity contribution in [1.29, 1.82) is 0 Å². The van der Waals surface area contributed by atoms with Crippen LogP contribution in [0.2, 0.25) is 0 Å². The number of nitrogens with zero attached hydrogens (tertiary/aromatic N) is 3. The van der Waals surface area contributed by atoms with Crippen LogP contribution in [-0.4, -0.2) is 42.4 Å². The molecule has 0 saturated carbocycles. The first-order chi connectivity index (χ1) is 12.0. The second-order valence-corrected chi connectivity index (χ2v) is 8.73. The van der Waals surface area contributed by atoms with Crippen LogP contribution in [0.25, 0.3) is 0 Å². The summed E-state index contributed by atoms with van der Waals surface area (Å²) in [6.45, 7) is 3.51. The number of carbonyl (C=O) groups excluding carboxylic acids is 1. The Morgan fingerprint density at radius 1 is 1.44 bits per heavy atom. The van der Waals surface area contributed by atoms with Crippen LogP contribution < -0.4 is 4.72 Å². The molecule has 3 heterocycles. The van der Waals surface area contributed by atoms with Gasteiger partial charge in [-0.05, 0) is 39.3 Å². The molecule has 1 atom stereocenters. The Morgan fingerprint density at radius 3 is 2.96 bits per heavy atom. The van der Waals surface area contributed by atoms with Gasteiger partial charge in [0.2, 0.25) is 10.0 Å². The number of hydrogen-bond acceptors (Lipinski definition) is 5. The van der Waals surface area contributed by atoms with Gasteiger partial charge in [-0.3, -0.25) is 4.79 Å². The van der Waals surface area contributed by atoms with E-state index in [1.54, 1.807) is 6.20 Å². The zero-order chi connectivity index (χ0) is 18.0. The molecular weight excluding hydrogens is 360 g/mol. The third kappa shape index (κ3) is 3.49. The Hall–Kier alpha value is -1.71. The molecule has 1 aliphatic heterocycles. The first-order valence-electron chi connectivity index (χ1n) is 8.32. The average Bonchev–Trinajstić information content (AvgIpc) is 3.30. The Balaban J connectivity index is 1.89. The van der Waals surface area contributed by atoms with Crippen molar-refractivity contribution in [3.63, 3.8) is 0 Å². The number of nitrogens with one attached hydrogen (secondary N) is 1. The third-order valence-corrected chi connectivity index (χ3v) is 6.98. The highest BCUT2D eigenvalue weighted by molar-refractivity contribution is 7.89. The van der Waals surface area contributed by atoms with Gasteiger partial charge in [0, 0.05) is 30.9 Å². The predicted octanol–water partition coefficient (Wildman–Crippen LogP) is 2.24. The van der Waals surface area contributed by atoms with Gasteiger partial charge in [-0.1, -0.05) is 0 Å². The van der Waals surface area contributed by atoms with Crippen LogP contribution in [0.4, 0.5) is 0 Å². The Bertz CT molecular complexity index is 856. The summed E-state index contributed by atoms with van der Waals surface area (Å²) in [6.07, 6.45) is 6.56. The maximum Gasteiger partial charge on any atom is 0.264 e. The molecule has 9 heteroatoms. The summed E-state index contributed by atoms with van der Waals surface area (Å²) in [5.41, 5.74) is 0. The van der Waals surface area contributed by atoms with Crippen molar-refractivity contribution in [3.05, 3.63) is 34.5 Å². The fourth-order valence-electron chi connectivity index (χ4n) is 3.16. The molecule has 7 nitrogen and oxygen atoms in total. The van der Waals surface area contributed by atoms with Gasteiger partial charge in [0.15, 0.2) is 0 Å². The lowest BCUT2D eigenvalue weighted by Crippen LogP contribution is -2.39. The topological polar surface area (TPSA) is 84.3 Å². The molecule has 1 unspecified atom stereocenters. The zero-order valence-corrected chi connectivity index (χ0v) is 15.9. The van der Waals surface area contributed by atoms with Gasteiger partial charge >= 0.3 is 0 Å². The summed E-state index contributed by atoms with van der Waals surface area (Å²) in [6, 6.07) is 1.39. The number of thiophene rings is 1. The molecular formula is C16H22N4O3S2. The fourth-order valence-corrected chi connectivity index (χ4v) is 5.12. The number of sulfonamides is 1. The number of piperidine rings is 1. The molecule has 2 aromatic rings. The van der Waals surface area contributed by atoms with E-state index < -0.39 is 10.0 Å².